The first-order chi connectivity index (χ1) is 25.8. The van der Waals surface area contributed by atoms with Crippen LogP contribution in [0.25, 0.3) is 33.6 Å². The van der Waals surface area contributed by atoms with Crippen molar-refractivity contribution in [1.82, 2.24) is 40.0 Å². The van der Waals surface area contributed by atoms with Gasteiger partial charge in [0.25, 0.3) is 0 Å². The number of likely N-dealkylation sites (N-methyl/N-ethyl adjacent to an activating group) is 1. The van der Waals surface area contributed by atoms with Crippen LogP contribution < -0.4 is 5.32 Å². The Bertz CT molecular complexity index is 1950. The van der Waals surface area contributed by atoms with E-state index in [-0.39, 0.29) is 30.4 Å². The molecule has 3 atom stereocenters. The van der Waals surface area contributed by atoms with Gasteiger partial charge in [0.2, 0.25) is 11.8 Å². The van der Waals surface area contributed by atoms with Crippen LogP contribution in [0.1, 0.15) is 84.0 Å². The monoisotopic (exact) mass is 738 g/mol. The molecule has 2 saturated heterocycles. The van der Waals surface area contributed by atoms with Crippen LogP contribution in [-0.4, -0.2) is 104 Å². The molecule has 4 aromatic rings. The largest absolute Gasteiger partial charge is 0.453 e. The fourth-order valence-electron chi connectivity index (χ4n) is 7.09. The first-order valence-electron chi connectivity index (χ1n) is 18.6. The van der Waals surface area contributed by atoms with E-state index < -0.39 is 23.8 Å². The van der Waals surface area contributed by atoms with E-state index in [1.165, 1.54) is 12.0 Å². The molecule has 0 bridgehead atoms. The van der Waals surface area contributed by atoms with Gasteiger partial charge in [-0.2, -0.15) is 0 Å². The molecule has 286 valence electrons. The highest BCUT2D eigenvalue weighted by Crippen LogP contribution is 2.34. The number of benzene rings is 2. The summed E-state index contributed by atoms with van der Waals surface area (Å²) in [5, 5.41) is 2.56. The normalized spacial score (nSPS) is 17.7. The Morgan fingerprint density at radius 2 is 1.31 bits per heavy atom. The molecular weight excluding hydrogens is 688 g/mol. The minimum atomic E-state index is -0.706. The van der Waals surface area contributed by atoms with E-state index in [0.29, 0.717) is 19.6 Å². The number of nitrogens with one attached hydrogen (secondary N) is 3. The van der Waals surface area contributed by atoms with Gasteiger partial charge in [0.15, 0.2) is 0 Å². The number of imidazole rings is 2. The molecule has 2 aromatic heterocycles. The molecule has 0 radical (unpaired) electrons. The lowest BCUT2D eigenvalue weighted by Crippen LogP contribution is -2.46. The molecule has 0 spiro atoms. The molecule has 4 heterocycles. The third-order valence-electron chi connectivity index (χ3n) is 9.91. The number of ether oxygens (including phenoxy) is 2. The Morgan fingerprint density at radius 1 is 0.833 bits per heavy atom. The van der Waals surface area contributed by atoms with E-state index >= 15 is 0 Å². The minimum absolute atomic E-state index is 0.0411. The Hall–Kier alpha value is -5.66. The number of alkyl carbamates (subject to hydrolysis) is 1. The van der Waals surface area contributed by atoms with Crippen LogP contribution in [0.5, 0.6) is 0 Å². The zero-order valence-electron chi connectivity index (χ0n) is 31.8. The van der Waals surface area contributed by atoms with Gasteiger partial charge in [0, 0.05) is 19.6 Å². The molecule has 14 heteroatoms. The number of hydrogen-bond donors (Lipinski definition) is 3. The van der Waals surface area contributed by atoms with Gasteiger partial charge in [-0.05, 0) is 82.6 Å². The molecule has 4 amide bonds. The zero-order chi connectivity index (χ0) is 38.6. The van der Waals surface area contributed by atoms with Crippen molar-refractivity contribution in [2.45, 2.75) is 84.0 Å². The third kappa shape index (κ3) is 8.58. The number of aromatic amines is 2. The number of rotatable bonds is 10. The van der Waals surface area contributed by atoms with Crippen molar-refractivity contribution in [1.29, 1.82) is 0 Å². The van der Waals surface area contributed by atoms with Gasteiger partial charge >= 0.3 is 12.2 Å². The maximum Gasteiger partial charge on any atom is 0.410 e. The summed E-state index contributed by atoms with van der Waals surface area (Å²) in [4.78, 5) is 71.9. The van der Waals surface area contributed by atoms with Crippen molar-refractivity contribution < 1.29 is 28.7 Å². The van der Waals surface area contributed by atoms with E-state index in [4.69, 9.17) is 4.74 Å². The summed E-state index contributed by atoms with van der Waals surface area (Å²) in [5.41, 5.74) is 5.15. The molecule has 0 saturated carbocycles. The summed E-state index contributed by atoms with van der Waals surface area (Å²) in [5.74, 6) is 1.15. The van der Waals surface area contributed by atoms with Gasteiger partial charge in [-0.15, -0.1) is 0 Å². The maximum absolute atomic E-state index is 13.4. The van der Waals surface area contributed by atoms with Crippen molar-refractivity contribution >= 4 is 24.0 Å². The van der Waals surface area contributed by atoms with Gasteiger partial charge in [-0.25, -0.2) is 19.6 Å². The van der Waals surface area contributed by atoms with Gasteiger partial charge in [-0.1, -0.05) is 48.5 Å². The van der Waals surface area contributed by atoms with Crippen molar-refractivity contribution in [2.24, 2.45) is 0 Å². The van der Waals surface area contributed by atoms with E-state index in [1.54, 1.807) is 24.2 Å². The second-order valence-corrected chi connectivity index (χ2v) is 14.8. The third-order valence-corrected chi connectivity index (χ3v) is 9.91. The maximum atomic E-state index is 13.4. The SMILES string of the molecule is CCN(CC(=O)N1CCC[C@H]1c1ncc(-c2ccc(-c3ccc(-c4cnc([C@@H]5CCCN5C(=O)[C@H](C)NC(=O)OC)[nH]4)cc3)cc2)[nH]1)C(=O)OC(C)(C)C. The van der Waals surface area contributed by atoms with Crippen molar-refractivity contribution in [3.05, 3.63) is 72.6 Å². The number of hydrogen-bond acceptors (Lipinski definition) is 8. The second kappa shape index (κ2) is 16.1. The molecular formula is C40H50N8O6. The second-order valence-electron chi connectivity index (χ2n) is 14.8. The first-order valence-corrected chi connectivity index (χ1v) is 18.6. The Balaban J connectivity index is 1.08. The fraction of sp³-hybridized carbons (Fsp3) is 0.450. The van der Waals surface area contributed by atoms with Crippen LogP contribution in [0.3, 0.4) is 0 Å². The van der Waals surface area contributed by atoms with Gasteiger partial charge in [0.05, 0.1) is 43.0 Å². The zero-order valence-corrected chi connectivity index (χ0v) is 31.8. The molecule has 2 fully saturated rings. The van der Waals surface area contributed by atoms with Crippen LogP contribution in [0.4, 0.5) is 9.59 Å². The van der Waals surface area contributed by atoms with Crippen LogP contribution in [0, 0.1) is 0 Å². The van der Waals surface area contributed by atoms with E-state index in [9.17, 15) is 19.2 Å². The number of amides is 4. The summed E-state index contributed by atoms with van der Waals surface area (Å²) < 4.78 is 10.1. The predicted octanol–water partition coefficient (Wildman–Crippen LogP) is 6.46. The van der Waals surface area contributed by atoms with Crippen LogP contribution >= 0.6 is 0 Å². The molecule has 14 nitrogen and oxygen atoms in total. The summed E-state index contributed by atoms with van der Waals surface area (Å²) >= 11 is 0. The lowest BCUT2D eigenvalue weighted by Gasteiger charge is -2.29. The number of carbonyl (C=O) groups excluding carboxylic acids is 4. The van der Waals surface area contributed by atoms with Crippen molar-refractivity contribution in [3.8, 4) is 33.6 Å². The Morgan fingerprint density at radius 3 is 1.80 bits per heavy atom. The number of likely N-dealkylation sites (tertiary alicyclic amines) is 2. The van der Waals surface area contributed by atoms with Gasteiger partial charge in [-0.3, -0.25) is 14.5 Å². The van der Waals surface area contributed by atoms with Crippen molar-refractivity contribution in [2.75, 3.05) is 33.3 Å². The molecule has 6 rings (SSSR count). The summed E-state index contributed by atoms with van der Waals surface area (Å²) in [7, 11) is 1.27. The highest BCUT2D eigenvalue weighted by atomic mass is 16.6. The van der Waals surface area contributed by atoms with Crippen molar-refractivity contribution in [3.63, 3.8) is 0 Å². The van der Waals surface area contributed by atoms with E-state index in [2.05, 4.69) is 66.4 Å². The van der Waals surface area contributed by atoms with Gasteiger partial charge < -0.3 is 34.6 Å². The lowest BCUT2D eigenvalue weighted by atomic mass is 10.0. The average Bonchev–Trinajstić information content (AvgIpc) is 3.99. The molecule has 2 aromatic carbocycles. The summed E-state index contributed by atoms with van der Waals surface area (Å²) in [6.45, 7) is 10.5. The molecule has 3 N–H and O–H groups in total. The first kappa shape index (κ1) is 38.1. The standard InChI is InChI=1S/C40H50N8O6/c1-7-46(39(52)54-40(3,4)5)24-34(49)47-20-8-10-32(47)35-41-22-30(44-35)28-16-12-26(13-17-28)27-14-18-29(19-15-27)31-23-42-36(45-31)33-11-9-21-48(33)37(50)25(2)43-38(51)53-6/h12-19,22-23,25,32-33H,7-11,20-21,24H2,1-6H3,(H,41,44)(H,42,45)(H,43,51)/t25-,32-,33-/m0/s1. The molecule has 54 heavy (non-hydrogen) atoms. The number of carbonyl (C=O) groups is 4. The van der Waals surface area contributed by atoms with E-state index in [1.807, 2.05) is 44.7 Å². The van der Waals surface area contributed by atoms with Crippen LogP contribution in [-0.2, 0) is 19.1 Å². The van der Waals surface area contributed by atoms with Crippen LogP contribution in [0.2, 0.25) is 0 Å². The topological polar surface area (TPSA) is 166 Å². The summed E-state index contributed by atoms with van der Waals surface area (Å²) in [6.07, 6.45) is 5.75. The smallest absolute Gasteiger partial charge is 0.410 e. The number of H-pyrrole nitrogens is 2. The quantitative estimate of drug-likeness (QED) is 0.167. The lowest BCUT2D eigenvalue weighted by molar-refractivity contribution is -0.134. The Kier molecular flexibility index (Phi) is 11.4. The van der Waals surface area contributed by atoms with Crippen LogP contribution in [0.15, 0.2) is 60.9 Å². The highest BCUT2D eigenvalue weighted by molar-refractivity contribution is 5.86. The molecule has 0 aliphatic carbocycles. The van der Waals surface area contributed by atoms with E-state index in [0.717, 1.165) is 71.0 Å². The Labute approximate surface area is 315 Å². The predicted molar refractivity (Wildman–Crippen MR) is 203 cm³/mol. The number of aromatic nitrogens is 4. The number of methoxy groups -OCH3 is 1. The molecule has 2 aliphatic heterocycles. The molecule has 0 unspecified atom stereocenters. The minimum Gasteiger partial charge on any atom is -0.453 e. The van der Waals surface area contributed by atoms with Gasteiger partial charge in [0.1, 0.15) is 29.8 Å². The number of nitrogens with zero attached hydrogens (tertiary/aromatic N) is 5. The average molecular weight is 739 g/mol. The fourth-order valence-corrected chi connectivity index (χ4v) is 7.09. The molecule has 2 aliphatic rings. The summed E-state index contributed by atoms with van der Waals surface area (Å²) in [6, 6.07) is 15.4. The highest BCUT2D eigenvalue weighted by Gasteiger charge is 2.36.